The number of fused-ring (bicyclic) bond motifs is 1. The van der Waals surface area contributed by atoms with Crippen molar-refractivity contribution in [1.82, 2.24) is 9.88 Å². The molecular weight excluding hydrogens is 212 g/mol. The second-order valence-corrected chi connectivity index (χ2v) is 5.50. The number of rotatable bonds is 0. The van der Waals surface area contributed by atoms with Crippen molar-refractivity contribution in [1.29, 1.82) is 0 Å². The van der Waals surface area contributed by atoms with Crippen molar-refractivity contribution in [3.63, 3.8) is 0 Å². The highest BCUT2D eigenvalue weighted by atomic mass is 32.1. The standard InChI is InChI=1S/C10H14N2O2S/c1-10(2,3)14-9(13)12-4-7-8(5-12)15-6-11-7/h6H,4-5H2,1-3H3. The van der Waals surface area contributed by atoms with Crippen LogP contribution in [0.5, 0.6) is 0 Å². The van der Waals surface area contributed by atoms with Crippen LogP contribution in [0.3, 0.4) is 0 Å². The van der Waals surface area contributed by atoms with Crippen molar-refractivity contribution < 1.29 is 9.53 Å². The monoisotopic (exact) mass is 226 g/mol. The van der Waals surface area contributed by atoms with Gasteiger partial charge in [0.25, 0.3) is 0 Å². The molecular formula is C10H14N2O2S. The van der Waals surface area contributed by atoms with Gasteiger partial charge in [-0.05, 0) is 20.8 Å². The molecule has 0 atom stereocenters. The molecule has 0 N–H and O–H groups in total. The molecule has 0 bridgehead atoms. The van der Waals surface area contributed by atoms with E-state index in [4.69, 9.17) is 4.74 Å². The molecule has 0 spiro atoms. The van der Waals surface area contributed by atoms with Gasteiger partial charge < -0.3 is 4.74 Å². The molecule has 1 aliphatic heterocycles. The number of hydrogen-bond donors (Lipinski definition) is 0. The number of amides is 1. The van der Waals surface area contributed by atoms with Crippen molar-refractivity contribution >= 4 is 17.4 Å². The van der Waals surface area contributed by atoms with Crippen LogP contribution in [0.15, 0.2) is 5.51 Å². The van der Waals surface area contributed by atoms with Crippen molar-refractivity contribution in [3.05, 3.63) is 16.1 Å². The van der Waals surface area contributed by atoms with E-state index in [1.165, 1.54) is 4.88 Å². The molecule has 0 aliphatic carbocycles. The van der Waals surface area contributed by atoms with E-state index in [9.17, 15) is 4.79 Å². The Morgan fingerprint density at radius 1 is 1.53 bits per heavy atom. The molecule has 0 radical (unpaired) electrons. The fourth-order valence-corrected chi connectivity index (χ4v) is 2.21. The molecule has 4 nitrogen and oxygen atoms in total. The number of hydrogen-bond acceptors (Lipinski definition) is 4. The van der Waals surface area contributed by atoms with Crippen LogP contribution < -0.4 is 0 Å². The van der Waals surface area contributed by atoms with Crippen LogP contribution >= 0.6 is 11.3 Å². The van der Waals surface area contributed by atoms with Crippen LogP contribution in [0, 0.1) is 0 Å². The number of thiazole rings is 1. The molecule has 1 aliphatic rings. The Bertz CT molecular complexity index is 361. The van der Waals surface area contributed by atoms with E-state index in [-0.39, 0.29) is 6.09 Å². The summed E-state index contributed by atoms with van der Waals surface area (Å²) in [5.74, 6) is 0. The van der Waals surface area contributed by atoms with Gasteiger partial charge in [-0.1, -0.05) is 0 Å². The predicted molar refractivity (Wildman–Crippen MR) is 57.6 cm³/mol. The summed E-state index contributed by atoms with van der Waals surface area (Å²) in [6.45, 7) is 6.82. The molecule has 0 unspecified atom stereocenters. The number of nitrogens with zero attached hydrogens (tertiary/aromatic N) is 2. The van der Waals surface area contributed by atoms with Crippen molar-refractivity contribution in [2.24, 2.45) is 0 Å². The van der Waals surface area contributed by atoms with E-state index in [2.05, 4.69) is 4.98 Å². The molecule has 15 heavy (non-hydrogen) atoms. The van der Waals surface area contributed by atoms with Gasteiger partial charge in [0.2, 0.25) is 0 Å². The molecule has 1 aromatic rings. The summed E-state index contributed by atoms with van der Waals surface area (Å²) in [6.07, 6.45) is -0.257. The molecule has 0 saturated heterocycles. The SMILES string of the molecule is CC(C)(C)OC(=O)N1Cc2ncsc2C1. The number of ether oxygens (including phenoxy) is 1. The topological polar surface area (TPSA) is 42.4 Å². The minimum Gasteiger partial charge on any atom is -0.444 e. The molecule has 1 aromatic heterocycles. The fourth-order valence-electron chi connectivity index (χ4n) is 1.42. The number of carbonyl (C=O) groups is 1. The van der Waals surface area contributed by atoms with Gasteiger partial charge in [0.05, 0.1) is 24.3 Å². The van der Waals surface area contributed by atoms with Gasteiger partial charge in [0.15, 0.2) is 0 Å². The van der Waals surface area contributed by atoms with Crippen molar-refractivity contribution in [2.45, 2.75) is 39.5 Å². The van der Waals surface area contributed by atoms with Crippen LogP contribution in [0.1, 0.15) is 31.3 Å². The Hall–Kier alpha value is -1.10. The lowest BCUT2D eigenvalue weighted by Crippen LogP contribution is -2.33. The highest BCUT2D eigenvalue weighted by Crippen LogP contribution is 2.26. The van der Waals surface area contributed by atoms with Crippen molar-refractivity contribution in [3.8, 4) is 0 Å². The van der Waals surface area contributed by atoms with Gasteiger partial charge in [-0.15, -0.1) is 11.3 Å². The van der Waals surface area contributed by atoms with Crippen LogP contribution in [0.2, 0.25) is 0 Å². The third-order valence-electron chi connectivity index (χ3n) is 2.05. The lowest BCUT2D eigenvalue weighted by atomic mass is 10.2. The predicted octanol–water partition coefficient (Wildman–Crippen LogP) is 2.39. The zero-order valence-electron chi connectivity index (χ0n) is 9.11. The molecule has 2 heterocycles. The lowest BCUT2D eigenvalue weighted by molar-refractivity contribution is 0.0241. The van der Waals surface area contributed by atoms with Crippen LogP contribution in [0.25, 0.3) is 0 Å². The Balaban J connectivity index is 1.98. The minimum atomic E-state index is -0.430. The third-order valence-corrected chi connectivity index (χ3v) is 2.91. The second-order valence-electron chi connectivity index (χ2n) is 4.56. The number of aromatic nitrogens is 1. The molecule has 0 fully saturated rings. The Kier molecular flexibility index (Phi) is 2.42. The second kappa shape index (κ2) is 3.48. The minimum absolute atomic E-state index is 0.257. The zero-order valence-corrected chi connectivity index (χ0v) is 9.93. The van der Waals surface area contributed by atoms with E-state index >= 15 is 0 Å². The van der Waals surface area contributed by atoms with Gasteiger partial charge in [-0.2, -0.15) is 0 Å². The first kappa shape index (κ1) is 10.4. The van der Waals surface area contributed by atoms with Gasteiger partial charge >= 0.3 is 6.09 Å². The van der Waals surface area contributed by atoms with E-state index < -0.39 is 5.60 Å². The van der Waals surface area contributed by atoms with Crippen LogP contribution in [-0.2, 0) is 17.8 Å². The van der Waals surface area contributed by atoms with E-state index in [0.29, 0.717) is 13.1 Å². The highest BCUT2D eigenvalue weighted by Gasteiger charge is 2.29. The first-order valence-electron chi connectivity index (χ1n) is 4.85. The largest absolute Gasteiger partial charge is 0.444 e. The summed E-state index contributed by atoms with van der Waals surface area (Å²) in [7, 11) is 0. The first-order valence-corrected chi connectivity index (χ1v) is 5.73. The lowest BCUT2D eigenvalue weighted by Gasteiger charge is -2.23. The Labute approximate surface area is 92.9 Å². The van der Waals surface area contributed by atoms with E-state index in [1.54, 1.807) is 16.2 Å². The molecule has 82 valence electrons. The Morgan fingerprint density at radius 3 is 2.87 bits per heavy atom. The quantitative estimate of drug-likeness (QED) is 0.682. The van der Waals surface area contributed by atoms with E-state index in [0.717, 1.165) is 5.69 Å². The third kappa shape index (κ3) is 2.28. The van der Waals surface area contributed by atoms with Gasteiger partial charge in [0.1, 0.15) is 5.60 Å². The molecule has 0 aromatic carbocycles. The number of carbonyl (C=O) groups excluding carboxylic acids is 1. The maximum atomic E-state index is 11.7. The molecule has 1 amide bonds. The van der Waals surface area contributed by atoms with Gasteiger partial charge in [0, 0.05) is 4.88 Å². The zero-order chi connectivity index (χ0) is 11.1. The van der Waals surface area contributed by atoms with Crippen LogP contribution in [-0.4, -0.2) is 21.6 Å². The van der Waals surface area contributed by atoms with Gasteiger partial charge in [-0.25, -0.2) is 9.78 Å². The first-order chi connectivity index (χ1) is 6.96. The average Bonchev–Trinajstić information content (AvgIpc) is 2.56. The molecule has 0 saturated carbocycles. The summed E-state index contributed by atoms with van der Waals surface area (Å²) in [5.41, 5.74) is 2.39. The van der Waals surface area contributed by atoms with E-state index in [1.807, 2.05) is 26.3 Å². The summed E-state index contributed by atoms with van der Waals surface area (Å²) in [5, 5.41) is 0. The smallest absolute Gasteiger partial charge is 0.410 e. The molecule has 2 rings (SSSR count). The summed E-state index contributed by atoms with van der Waals surface area (Å²) in [4.78, 5) is 18.8. The average molecular weight is 226 g/mol. The van der Waals surface area contributed by atoms with Gasteiger partial charge in [-0.3, -0.25) is 4.90 Å². The summed E-state index contributed by atoms with van der Waals surface area (Å²) < 4.78 is 5.29. The molecule has 5 heteroatoms. The van der Waals surface area contributed by atoms with Crippen LogP contribution in [0.4, 0.5) is 4.79 Å². The van der Waals surface area contributed by atoms with Crippen molar-refractivity contribution in [2.75, 3.05) is 0 Å². The maximum absolute atomic E-state index is 11.7. The summed E-state index contributed by atoms with van der Waals surface area (Å²) in [6, 6.07) is 0. The normalized spacial score (nSPS) is 15.3. The Morgan fingerprint density at radius 2 is 2.27 bits per heavy atom. The fraction of sp³-hybridized carbons (Fsp3) is 0.600. The summed E-state index contributed by atoms with van der Waals surface area (Å²) >= 11 is 1.59. The highest BCUT2D eigenvalue weighted by molar-refractivity contribution is 7.09. The maximum Gasteiger partial charge on any atom is 0.410 e.